The molecule has 1 aromatic heterocycles. The third-order valence-corrected chi connectivity index (χ3v) is 4.32. The van der Waals surface area contributed by atoms with E-state index in [0.717, 1.165) is 0 Å². The number of ether oxygens (including phenoxy) is 3. The molecule has 0 spiro atoms. The summed E-state index contributed by atoms with van der Waals surface area (Å²) in [5.41, 5.74) is 2.54. The number of aromatic nitrogens is 1. The quantitative estimate of drug-likeness (QED) is 0.291. The average molecular weight is 435 g/mol. The summed E-state index contributed by atoms with van der Waals surface area (Å²) in [6.07, 6.45) is 1.45. The smallest absolute Gasteiger partial charge is 0.780 e. The molecule has 0 saturated carbocycles. The molecule has 0 fully saturated rings. The molecule has 9 nitrogen and oxygen atoms in total. The molecule has 29 heavy (non-hydrogen) atoms. The van der Waals surface area contributed by atoms with Crippen molar-refractivity contribution in [3.05, 3.63) is 42.7 Å². The van der Waals surface area contributed by atoms with Gasteiger partial charge in [0.2, 0.25) is 12.5 Å². The molecule has 2 aromatic carbocycles. The van der Waals surface area contributed by atoms with Gasteiger partial charge in [-0.25, -0.2) is 0 Å². The molecule has 0 radical (unpaired) electrons. The van der Waals surface area contributed by atoms with Crippen molar-refractivity contribution in [2.24, 2.45) is 0 Å². The summed E-state index contributed by atoms with van der Waals surface area (Å²) in [4.78, 5) is 21.4. The molecule has 140 valence electrons. The van der Waals surface area contributed by atoms with Gasteiger partial charge in [0.25, 0.3) is 0 Å². The molecule has 0 amide bonds. The number of benzene rings is 2. The molecular weight excluding hydrogens is 423 g/mol. The molecule has 2 heterocycles. The van der Waals surface area contributed by atoms with Gasteiger partial charge in [-0.05, 0) is 29.8 Å². The van der Waals surface area contributed by atoms with E-state index in [1.165, 1.54) is 25.5 Å². The third-order valence-electron chi connectivity index (χ3n) is 3.88. The van der Waals surface area contributed by atoms with Crippen LogP contribution in [0, 0.1) is 0 Å². The van der Waals surface area contributed by atoms with E-state index in [1.54, 1.807) is 24.3 Å². The standard InChI is InChI=1S/C17H14NO8P.2Na/c1-22-14-6-11(7-15-17(14)24-9-23-15)16-13(8-25-18-16)10-2-4-12(5-3-10)26-27(19,20)21;;/h2-8H,9H2,1H3,(H2,19,20,21);;/q;2*+1/p-2. The zero-order valence-corrected chi connectivity index (χ0v) is 20.8. The normalized spacial score (nSPS) is 12.0. The summed E-state index contributed by atoms with van der Waals surface area (Å²) in [7, 11) is -3.59. The number of fused-ring (bicyclic) bond motifs is 1. The van der Waals surface area contributed by atoms with E-state index < -0.39 is 7.82 Å². The molecule has 0 saturated heterocycles. The second-order valence-electron chi connectivity index (χ2n) is 5.55. The number of hydrogen-bond acceptors (Lipinski definition) is 9. The van der Waals surface area contributed by atoms with Gasteiger partial charge in [-0.1, -0.05) is 17.3 Å². The van der Waals surface area contributed by atoms with E-state index in [9.17, 15) is 14.4 Å². The molecule has 3 aromatic rings. The summed E-state index contributed by atoms with van der Waals surface area (Å²) in [5, 5.41) is 4.04. The number of nitrogens with zero attached hydrogens (tertiary/aromatic N) is 1. The second kappa shape index (κ2) is 9.87. The first-order valence-corrected chi connectivity index (χ1v) is 9.15. The Labute approximate surface area is 210 Å². The molecule has 0 aliphatic carbocycles. The van der Waals surface area contributed by atoms with E-state index in [0.29, 0.717) is 39.6 Å². The fourth-order valence-electron chi connectivity index (χ4n) is 2.74. The maximum absolute atomic E-state index is 10.7. The van der Waals surface area contributed by atoms with Crippen LogP contribution in [0.15, 0.2) is 47.2 Å². The van der Waals surface area contributed by atoms with Crippen molar-refractivity contribution in [3.8, 4) is 45.4 Å². The molecule has 12 heteroatoms. The Hall–Kier alpha value is -1.000. The maximum Gasteiger partial charge on any atom is 1.00 e. The fourth-order valence-corrected chi connectivity index (χ4v) is 3.12. The van der Waals surface area contributed by atoms with Crippen LogP contribution in [0.1, 0.15) is 0 Å². The second-order valence-corrected chi connectivity index (χ2v) is 6.63. The Bertz CT molecular complexity index is 1030. The van der Waals surface area contributed by atoms with Gasteiger partial charge in [-0.15, -0.1) is 0 Å². The first-order valence-electron chi connectivity index (χ1n) is 7.69. The zero-order valence-electron chi connectivity index (χ0n) is 15.9. The van der Waals surface area contributed by atoms with Crippen LogP contribution >= 0.6 is 7.82 Å². The van der Waals surface area contributed by atoms with Crippen molar-refractivity contribution >= 4 is 7.82 Å². The summed E-state index contributed by atoms with van der Waals surface area (Å²) in [6.45, 7) is 0.103. The van der Waals surface area contributed by atoms with Crippen LogP contribution in [0.4, 0.5) is 0 Å². The summed E-state index contributed by atoms with van der Waals surface area (Å²) < 4.78 is 36.3. The minimum absolute atomic E-state index is 0. The van der Waals surface area contributed by atoms with Crippen molar-refractivity contribution < 1.29 is 96.7 Å². The van der Waals surface area contributed by atoms with Crippen molar-refractivity contribution in [3.63, 3.8) is 0 Å². The molecule has 0 bridgehead atoms. The zero-order chi connectivity index (χ0) is 19.0. The van der Waals surface area contributed by atoms with Crippen LogP contribution in [-0.2, 0) is 4.57 Å². The molecule has 0 unspecified atom stereocenters. The monoisotopic (exact) mass is 435 g/mol. The Morgan fingerprint density at radius 2 is 1.79 bits per heavy atom. The summed E-state index contributed by atoms with van der Waals surface area (Å²) in [5.74, 6) is 1.48. The first-order chi connectivity index (χ1) is 12.9. The summed E-state index contributed by atoms with van der Waals surface area (Å²) >= 11 is 0. The van der Waals surface area contributed by atoms with Gasteiger partial charge in [0.1, 0.15) is 25.5 Å². The van der Waals surface area contributed by atoms with Gasteiger partial charge >= 0.3 is 59.1 Å². The van der Waals surface area contributed by atoms with E-state index in [2.05, 4.69) is 9.68 Å². The molecule has 1 aliphatic rings. The van der Waals surface area contributed by atoms with Crippen LogP contribution in [-0.4, -0.2) is 19.1 Å². The largest absolute Gasteiger partial charge is 1.00 e. The van der Waals surface area contributed by atoms with Crippen LogP contribution < -0.4 is 87.6 Å². The van der Waals surface area contributed by atoms with Crippen LogP contribution in [0.2, 0.25) is 0 Å². The molecule has 0 N–H and O–H groups in total. The Morgan fingerprint density at radius 3 is 2.45 bits per heavy atom. The van der Waals surface area contributed by atoms with Crippen molar-refractivity contribution in [1.82, 2.24) is 5.16 Å². The van der Waals surface area contributed by atoms with E-state index in [1.807, 2.05) is 0 Å². The Morgan fingerprint density at radius 1 is 1.07 bits per heavy atom. The fraction of sp³-hybridized carbons (Fsp3) is 0.118. The molecule has 1 aliphatic heterocycles. The van der Waals surface area contributed by atoms with Gasteiger partial charge in [0, 0.05) is 11.1 Å². The molecule has 4 rings (SSSR count). The summed E-state index contributed by atoms with van der Waals surface area (Å²) in [6, 6.07) is 9.42. The third kappa shape index (κ3) is 5.38. The van der Waals surface area contributed by atoms with Crippen LogP contribution in [0.3, 0.4) is 0 Å². The molecule has 0 atom stereocenters. The predicted octanol–water partition coefficient (Wildman–Crippen LogP) is -4.04. The van der Waals surface area contributed by atoms with Crippen LogP contribution in [0.25, 0.3) is 22.4 Å². The number of phosphoric acid groups is 1. The van der Waals surface area contributed by atoms with Crippen molar-refractivity contribution in [2.75, 3.05) is 13.9 Å². The van der Waals surface area contributed by atoms with Gasteiger partial charge in [-0.3, -0.25) is 0 Å². The molecular formula is C17H12NNa2O8P. The van der Waals surface area contributed by atoms with E-state index in [4.69, 9.17) is 18.7 Å². The van der Waals surface area contributed by atoms with Gasteiger partial charge in [0.05, 0.1) is 7.11 Å². The topological polar surface area (TPSA) is 126 Å². The number of methoxy groups -OCH3 is 1. The SMILES string of the molecule is COc1cc(-c2nocc2-c2ccc(OP(=O)([O-])[O-])cc2)cc2c1OCO2.[Na+].[Na+]. The Balaban J connectivity index is 0.00000150. The van der Waals surface area contributed by atoms with Crippen molar-refractivity contribution in [1.29, 1.82) is 0 Å². The minimum atomic E-state index is -5.11. The van der Waals surface area contributed by atoms with Crippen molar-refractivity contribution in [2.45, 2.75) is 0 Å². The van der Waals surface area contributed by atoms with Gasteiger partial charge in [-0.2, -0.15) is 0 Å². The number of phosphoric ester groups is 1. The Kier molecular flexibility index (Phi) is 8.26. The van der Waals surface area contributed by atoms with Crippen LogP contribution in [0.5, 0.6) is 23.0 Å². The average Bonchev–Trinajstić information content (AvgIpc) is 3.29. The maximum atomic E-state index is 10.7. The van der Waals surface area contributed by atoms with E-state index >= 15 is 0 Å². The van der Waals surface area contributed by atoms with Gasteiger partial charge in [0.15, 0.2) is 11.5 Å². The van der Waals surface area contributed by atoms with E-state index in [-0.39, 0.29) is 71.7 Å². The van der Waals surface area contributed by atoms with Gasteiger partial charge < -0.3 is 37.6 Å². The first kappa shape index (κ1) is 24.3. The predicted molar refractivity (Wildman–Crippen MR) is 88.3 cm³/mol. The number of rotatable bonds is 5. The number of hydrogen-bond donors (Lipinski definition) is 0. The minimum Gasteiger partial charge on any atom is -0.780 e.